The molecule has 0 aliphatic rings. The predicted molar refractivity (Wildman–Crippen MR) is 83.5 cm³/mol. The van der Waals surface area contributed by atoms with Gasteiger partial charge in [0.15, 0.2) is 0 Å². The molecule has 6 heteroatoms. The van der Waals surface area contributed by atoms with E-state index in [4.69, 9.17) is 11.6 Å². The minimum absolute atomic E-state index is 0.291. The van der Waals surface area contributed by atoms with Crippen LogP contribution in [0.5, 0.6) is 0 Å². The summed E-state index contributed by atoms with van der Waals surface area (Å²) in [6.45, 7) is 4.94. The number of halogens is 1. The lowest BCUT2D eigenvalue weighted by Crippen LogP contribution is -2.02. The summed E-state index contributed by atoms with van der Waals surface area (Å²) in [4.78, 5) is 12.0. The van der Waals surface area contributed by atoms with Crippen LogP contribution in [0.4, 0.5) is 5.82 Å². The molecule has 0 amide bonds. The van der Waals surface area contributed by atoms with Gasteiger partial charge >= 0.3 is 0 Å². The van der Waals surface area contributed by atoms with E-state index >= 15 is 0 Å². The number of hydrogen-bond donors (Lipinski definition) is 1. The fourth-order valence-electron chi connectivity index (χ4n) is 1.90. The van der Waals surface area contributed by atoms with Gasteiger partial charge in [-0.3, -0.25) is 0 Å². The summed E-state index contributed by atoms with van der Waals surface area (Å²) in [5.41, 5.74) is 1.30. The molecular weight excluding hydrogens is 298 g/mol. The molecule has 0 radical (unpaired) electrons. The number of nitrogens with one attached hydrogen (secondary N) is 1. The summed E-state index contributed by atoms with van der Waals surface area (Å²) in [5.74, 6) is 0.812. The Labute approximate surface area is 124 Å². The van der Waals surface area contributed by atoms with Crippen LogP contribution in [0.1, 0.15) is 15.3 Å². The SMILES string of the molecule is Cc1cc2c(NCc3sccc3C)nc(Cl)nc2s1. The van der Waals surface area contributed by atoms with Gasteiger partial charge in [0.25, 0.3) is 0 Å². The number of fused-ring (bicyclic) bond motifs is 1. The maximum Gasteiger partial charge on any atom is 0.225 e. The molecule has 0 saturated carbocycles. The van der Waals surface area contributed by atoms with Crippen molar-refractivity contribution in [3.63, 3.8) is 0 Å². The minimum Gasteiger partial charge on any atom is -0.364 e. The zero-order valence-corrected chi connectivity index (χ0v) is 12.9. The van der Waals surface area contributed by atoms with Crippen molar-refractivity contribution in [2.45, 2.75) is 20.4 Å². The maximum atomic E-state index is 5.97. The second-order valence-electron chi connectivity index (χ2n) is 4.30. The van der Waals surface area contributed by atoms with Gasteiger partial charge in [0.2, 0.25) is 5.28 Å². The van der Waals surface area contributed by atoms with Crippen LogP contribution in [-0.4, -0.2) is 9.97 Å². The van der Waals surface area contributed by atoms with Gasteiger partial charge in [-0.25, -0.2) is 9.97 Å². The number of anilines is 1. The zero-order chi connectivity index (χ0) is 13.4. The van der Waals surface area contributed by atoms with Gasteiger partial charge in [-0.05, 0) is 48.5 Å². The van der Waals surface area contributed by atoms with E-state index in [2.05, 4.69) is 46.6 Å². The molecule has 0 fully saturated rings. The highest BCUT2D eigenvalue weighted by Gasteiger charge is 2.10. The highest BCUT2D eigenvalue weighted by atomic mass is 35.5. The van der Waals surface area contributed by atoms with E-state index in [-0.39, 0.29) is 0 Å². The number of aromatic nitrogens is 2. The Morgan fingerprint density at radius 2 is 2.16 bits per heavy atom. The summed E-state index contributed by atoms with van der Waals surface area (Å²) in [7, 11) is 0. The average molecular weight is 310 g/mol. The van der Waals surface area contributed by atoms with Crippen LogP contribution in [-0.2, 0) is 6.54 Å². The minimum atomic E-state index is 0.291. The fourth-order valence-corrected chi connectivity index (χ4v) is 3.84. The normalized spacial score (nSPS) is 11.1. The number of thiophene rings is 2. The Morgan fingerprint density at radius 3 is 2.89 bits per heavy atom. The quantitative estimate of drug-likeness (QED) is 0.716. The van der Waals surface area contributed by atoms with Crippen molar-refractivity contribution >= 4 is 50.3 Å². The first-order valence-electron chi connectivity index (χ1n) is 5.84. The molecule has 1 N–H and O–H groups in total. The Morgan fingerprint density at radius 1 is 1.32 bits per heavy atom. The molecule has 3 rings (SSSR count). The van der Waals surface area contributed by atoms with Crippen molar-refractivity contribution in [2.75, 3.05) is 5.32 Å². The molecule has 0 aromatic carbocycles. The van der Waals surface area contributed by atoms with Gasteiger partial charge in [-0.1, -0.05) is 0 Å². The van der Waals surface area contributed by atoms with Crippen molar-refractivity contribution in [1.82, 2.24) is 9.97 Å². The fraction of sp³-hybridized carbons (Fsp3) is 0.231. The Hall–Kier alpha value is -1.17. The van der Waals surface area contributed by atoms with Crippen LogP contribution >= 0.6 is 34.3 Å². The Kier molecular flexibility index (Phi) is 3.43. The lowest BCUT2D eigenvalue weighted by atomic mass is 10.3. The van der Waals surface area contributed by atoms with Crippen LogP contribution in [0.2, 0.25) is 5.28 Å². The molecule has 0 unspecified atom stereocenters. The third-order valence-corrected chi connectivity index (χ3v) is 5.01. The molecule has 0 aliphatic carbocycles. The molecule has 98 valence electrons. The van der Waals surface area contributed by atoms with Gasteiger partial charge in [0.1, 0.15) is 10.6 Å². The first-order valence-corrected chi connectivity index (χ1v) is 7.91. The topological polar surface area (TPSA) is 37.8 Å². The number of aryl methyl sites for hydroxylation is 2. The molecule has 19 heavy (non-hydrogen) atoms. The van der Waals surface area contributed by atoms with Crippen LogP contribution in [0.25, 0.3) is 10.2 Å². The first kappa shape index (κ1) is 12.8. The van der Waals surface area contributed by atoms with Crippen molar-refractivity contribution in [3.05, 3.63) is 38.1 Å². The standard InChI is InChI=1S/C13H12ClN3S2/c1-7-3-4-18-10(7)6-15-11-9-5-8(2)19-12(9)17-13(14)16-11/h3-5H,6H2,1-2H3,(H,15,16,17). The first-order chi connectivity index (χ1) is 9.13. The molecule has 0 bridgehead atoms. The van der Waals surface area contributed by atoms with Gasteiger partial charge < -0.3 is 5.32 Å². The number of rotatable bonds is 3. The monoisotopic (exact) mass is 309 g/mol. The highest BCUT2D eigenvalue weighted by Crippen LogP contribution is 2.30. The molecule has 3 heterocycles. The molecule has 3 aromatic heterocycles. The molecule has 3 nitrogen and oxygen atoms in total. The number of nitrogens with zero attached hydrogens (tertiary/aromatic N) is 2. The van der Waals surface area contributed by atoms with E-state index in [0.29, 0.717) is 5.28 Å². The summed E-state index contributed by atoms with van der Waals surface area (Å²) in [5, 5.41) is 6.80. The molecule has 0 aliphatic heterocycles. The Bertz CT molecular complexity index is 733. The van der Waals surface area contributed by atoms with Crippen LogP contribution in [0, 0.1) is 13.8 Å². The maximum absolute atomic E-state index is 5.97. The predicted octanol–water partition coefficient (Wildman–Crippen LogP) is 4.64. The zero-order valence-electron chi connectivity index (χ0n) is 10.5. The number of hydrogen-bond acceptors (Lipinski definition) is 5. The van der Waals surface area contributed by atoms with E-state index < -0.39 is 0 Å². The largest absolute Gasteiger partial charge is 0.364 e. The summed E-state index contributed by atoms with van der Waals surface area (Å²) >= 11 is 9.35. The van der Waals surface area contributed by atoms with E-state index in [1.54, 1.807) is 22.7 Å². The second kappa shape index (κ2) is 5.07. The van der Waals surface area contributed by atoms with Gasteiger partial charge in [-0.2, -0.15) is 0 Å². The Balaban J connectivity index is 1.94. The van der Waals surface area contributed by atoms with E-state index in [0.717, 1.165) is 22.6 Å². The van der Waals surface area contributed by atoms with Crippen LogP contribution in [0.3, 0.4) is 0 Å². The van der Waals surface area contributed by atoms with E-state index in [1.807, 2.05) is 0 Å². The van der Waals surface area contributed by atoms with Gasteiger partial charge in [0, 0.05) is 9.75 Å². The van der Waals surface area contributed by atoms with E-state index in [1.165, 1.54) is 15.3 Å². The smallest absolute Gasteiger partial charge is 0.225 e. The third kappa shape index (κ3) is 2.59. The molecule has 0 saturated heterocycles. The average Bonchev–Trinajstić information content (AvgIpc) is 2.91. The summed E-state index contributed by atoms with van der Waals surface area (Å²) in [6, 6.07) is 4.22. The summed E-state index contributed by atoms with van der Waals surface area (Å²) < 4.78 is 0. The lowest BCUT2D eigenvalue weighted by Gasteiger charge is -2.06. The lowest BCUT2D eigenvalue weighted by molar-refractivity contribution is 1.12. The van der Waals surface area contributed by atoms with Crippen molar-refractivity contribution < 1.29 is 0 Å². The molecule has 3 aromatic rings. The third-order valence-electron chi connectivity index (χ3n) is 2.87. The second-order valence-corrected chi connectivity index (χ2v) is 6.87. The molecular formula is C13H12ClN3S2. The summed E-state index contributed by atoms with van der Waals surface area (Å²) in [6.07, 6.45) is 0. The van der Waals surface area contributed by atoms with Gasteiger partial charge in [0.05, 0.1) is 11.9 Å². The molecule has 0 spiro atoms. The van der Waals surface area contributed by atoms with E-state index in [9.17, 15) is 0 Å². The van der Waals surface area contributed by atoms with Crippen molar-refractivity contribution in [1.29, 1.82) is 0 Å². The van der Waals surface area contributed by atoms with Crippen LogP contribution < -0.4 is 5.32 Å². The molecule has 0 atom stereocenters. The van der Waals surface area contributed by atoms with Crippen molar-refractivity contribution in [3.8, 4) is 0 Å². The highest BCUT2D eigenvalue weighted by molar-refractivity contribution is 7.18. The van der Waals surface area contributed by atoms with Crippen LogP contribution in [0.15, 0.2) is 17.5 Å². The van der Waals surface area contributed by atoms with Crippen molar-refractivity contribution in [2.24, 2.45) is 0 Å². The van der Waals surface area contributed by atoms with Gasteiger partial charge in [-0.15, -0.1) is 22.7 Å².